The molecule has 1 aromatic rings. The van der Waals surface area contributed by atoms with Gasteiger partial charge in [0.15, 0.2) is 0 Å². The van der Waals surface area contributed by atoms with E-state index in [0.717, 1.165) is 6.42 Å². The number of hydrogen-bond acceptors (Lipinski definition) is 1. The molecule has 18 heavy (non-hydrogen) atoms. The molecular weight excluding hydrogens is 217 g/mol. The Bertz CT molecular complexity index is 476. The molecule has 0 bridgehead atoms. The van der Waals surface area contributed by atoms with Crippen LogP contribution in [0, 0.1) is 0 Å². The molecule has 1 aliphatic carbocycles. The van der Waals surface area contributed by atoms with E-state index in [1.165, 1.54) is 35.9 Å². The monoisotopic (exact) mass is 239 g/mol. The van der Waals surface area contributed by atoms with Crippen LogP contribution in [0.3, 0.4) is 0 Å². The summed E-state index contributed by atoms with van der Waals surface area (Å²) in [7, 11) is 2.12. The lowest BCUT2D eigenvalue weighted by atomic mass is 9.91. The zero-order valence-corrected chi connectivity index (χ0v) is 11.7. The summed E-state index contributed by atoms with van der Waals surface area (Å²) in [5, 5.41) is 0. The van der Waals surface area contributed by atoms with Crippen LogP contribution < -0.4 is 5.46 Å². The lowest BCUT2D eigenvalue weighted by Crippen LogP contribution is -2.21. The summed E-state index contributed by atoms with van der Waals surface area (Å²) in [6, 6.07) is 8.53. The number of allylic oxidation sites excluding steroid dienone is 1. The first-order chi connectivity index (χ1) is 8.57. The van der Waals surface area contributed by atoms with Gasteiger partial charge in [-0.1, -0.05) is 41.4 Å². The lowest BCUT2D eigenvalue weighted by Gasteiger charge is -2.23. The molecule has 0 radical (unpaired) electrons. The van der Waals surface area contributed by atoms with Gasteiger partial charge in [-0.15, -0.1) is 0 Å². The molecular formula is C16H22BN. The van der Waals surface area contributed by atoms with Crippen LogP contribution in [0.2, 0.25) is 0 Å². The first-order valence-electron chi connectivity index (χ1n) is 6.85. The van der Waals surface area contributed by atoms with Gasteiger partial charge in [-0.2, -0.15) is 0 Å². The Morgan fingerprint density at radius 3 is 3.00 bits per heavy atom. The average Bonchev–Trinajstić information content (AvgIpc) is 2.49. The smallest absolute Gasteiger partial charge is 0.139 e. The molecule has 1 aromatic carbocycles. The van der Waals surface area contributed by atoms with Crippen LogP contribution in [0.25, 0.3) is 0 Å². The van der Waals surface area contributed by atoms with E-state index in [0.29, 0.717) is 0 Å². The van der Waals surface area contributed by atoms with E-state index >= 15 is 0 Å². The second-order valence-electron chi connectivity index (χ2n) is 5.79. The third-order valence-electron chi connectivity index (χ3n) is 3.64. The Kier molecular flexibility index (Phi) is 4.06. The zero-order valence-electron chi connectivity index (χ0n) is 11.7. The second-order valence-corrected chi connectivity index (χ2v) is 5.79. The molecule has 2 heteroatoms. The summed E-state index contributed by atoms with van der Waals surface area (Å²) >= 11 is 0. The molecule has 0 spiro atoms. The first-order valence-corrected chi connectivity index (χ1v) is 6.85. The van der Waals surface area contributed by atoms with Crippen LogP contribution in [0.5, 0.6) is 0 Å². The number of hydrogen-bond donors (Lipinski definition) is 0. The van der Waals surface area contributed by atoms with Crippen molar-refractivity contribution in [1.29, 1.82) is 0 Å². The fourth-order valence-corrected chi connectivity index (χ4v) is 2.68. The number of benzene rings is 1. The van der Waals surface area contributed by atoms with Gasteiger partial charge in [-0.3, -0.25) is 4.99 Å². The third kappa shape index (κ3) is 3.59. The molecule has 1 unspecified atom stereocenters. The Balaban J connectivity index is 2.14. The van der Waals surface area contributed by atoms with E-state index in [1.807, 2.05) is 6.21 Å². The minimum absolute atomic E-state index is 0.0842. The summed E-state index contributed by atoms with van der Waals surface area (Å²) in [6.07, 6.45) is 9.15. The minimum atomic E-state index is 0.0842. The lowest BCUT2D eigenvalue weighted by molar-refractivity contribution is 0.432. The Morgan fingerprint density at radius 1 is 1.39 bits per heavy atom. The molecule has 0 aromatic heterocycles. The van der Waals surface area contributed by atoms with Crippen LogP contribution in [-0.4, -0.2) is 19.6 Å². The topological polar surface area (TPSA) is 12.4 Å². The van der Waals surface area contributed by atoms with Gasteiger partial charge >= 0.3 is 0 Å². The molecule has 1 atom stereocenters. The van der Waals surface area contributed by atoms with Gasteiger partial charge < -0.3 is 0 Å². The van der Waals surface area contributed by atoms with Crippen molar-refractivity contribution in [2.45, 2.75) is 45.1 Å². The predicted octanol–water partition coefficient (Wildman–Crippen LogP) is 2.64. The van der Waals surface area contributed by atoms with E-state index in [-0.39, 0.29) is 5.54 Å². The van der Waals surface area contributed by atoms with Gasteiger partial charge in [0, 0.05) is 6.21 Å². The van der Waals surface area contributed by atoms with Crippen molar-refractivity contribution in [1.82, 2.24) is 0 Å². The molecule has 0 N–H and O–H groups in total. The van der Waals surface area contributed by atoms with Crippen molar-refractivity contribution in [2.75, 3.05) is 0 Å². The highest BCUT2D eigenvalue weighted by atomic mass is 14.8. The van der Waals surface area contributed by atoms with Crippen LogP contribution in [0.1, 0.15) is 45.1 Å². The van der Waals surface area contributed by atoms with Crippen LogP contribution in [0.15, 0.2) is 40.9 Å². The van der Waals surface area contributed by atoms with Crippen molar-refractivity contribution in [2.24, 2.45) is 4.99 Å². The molecule has 1 aliphatic rings. The van der Waals surface area contributed by atoms with Gasteiger partial charge in [0.25, 0.3) is 0 Å². The average molecular weight is 239 g/mol. The molecule has 1 nitrogen and oxygen atoms in total. The van der Waals surface area contributed by atoms with E-state index in [4.69, 9.17) is 4.99 Å². The molecule has 0 heterocycles. The Labute approximate surface area is 111 Å². The summed E-state index contributed by atoms with van der Waals surface area (Å²) in [6.45, 7) is 4.51. The largest absolute Gasteiger partial charge is 0.286 e. The standard InChI is InChI=1S/C16H22BN/c1-13-6-3-4-9-16(2,11-13)18-12-14-7-5-8-15(17)10-14/h5-8,10,12H,3-4,9,11,17H2,1-2H3/b18-12+. The molecule has 0 saturated carbocycles. The van der Waals surface area contributed by atoms with Gasteiger partial charge in [-0.05, 0) is 45.1 Å². The van der Waals surface area contributed by atoms with Gasteiger partial charge in [0.2, 0.25) is 0 Å². The van der Waals surface area contributed by atoms with Crippen molar-refractivity contribution < 1.29 is 0 Å². The highest BCUT2D eigenvalue weighted by Crippen LogP contribution is 2.30. The molecule has 0 aliphatic heterocycles. The SMILES string of the molecule is Bc1cccc(/C=N/C2(C)CCCC=C(C)C2)c1. The normalized spacial score (nSPS) is 24.9. The van der Waals surface area contributed by atoms with Crippen LogP contribution in [0.4, 0.5) is 0 Å². The van der Waals surface area contributed by atoms with Gasteiger partial charge in [0.1, 0.15) is 7.85 Å². The quantitative estimate of drug-likeness (QED) is 0.427. The van der Waals surface area contributed by atoms with Crippen molar-refractivity contribution >= 4 is 19.5 Å². The van der Waals surface area contributed by atoms with E-state index in [1.54, 1.807) is 0 Å². The van der Waals surface area contributed by atoms with E-state index in [9.17, 15) is 0 Å². The van der Waals surface area contributed by atoms with Crippen molar-refractivity contribution in [3.63, 3.8) is 0 Å². The Hall–Kier alpha value is -1.31. The molecule has 0 fully saturated rings. The predicted molar refractivity (Wildman–Crippen MR) is 82.8 cm³/mol. The molecule has 0 amide bonds. The van der Waals surface area contributed by atoms with Gasteiger partial charge in [-0.25, -0.2) is 0 Å². The summed E-state index contributed by atoms with van der Waals surface area (Å²) in [5.74, 6) is 0. The number of nitrogens with zero attached hydrogens (tertiary/aromatic N) is 1. The summed E-state index contributed by atoms with van der Waals surface area (Å²) in [5.41, 5.74) is 4.07. The highest BCUT2D eigenvalue weighted by Gasteiger charge is 2.24. The summed E-state index contributed by atoms with van der Waals surface area (Å²) < 4.78 is 0. The molecule has 2 rings (SSSR count). The van der Waals surface area contributed by atoms with E-state index in [2.05, 4.69) is 52.0 Å². The maximum atomic E-state index is 4.87. The fraction of sp³-hybridized carbons (Fsp3) is 0.438. The molecule has 0 saturated heterocycles. The molecule has 94 valence electrons. The maximum absolute atomic E-state index is 4.87. The van der Waals surface area contributed by atoms with Crippen molar-refractivity contribution in [3.05, 3.63) is 41.5 Å². The fourth-order valence-electron chi connectivity index (χ4n) is 2.68. The number of aliphatic imine (C=N–C) groups is 1. The second kappa shape index (κ2) is 5.56. The Morgan fingerprint density at radius 2 is 2.22 bits per heavy atom. The van der Waals surface area contributed by atoms with Crippen LogP contribution >= 0.6 is 0 Å². The number of rotatable bonds is 2. The zero-order chi connectivity index (χ0) is 13.0. The third-order valence-corrected chi connectivity index (χ3v) is 3.64. The van der Waals surface area contributed by atoms with Crippen LogP contribution in [-0.2, 0) is 0 Å². The minimum Gasteiger partial charge on any atom is -0.286 e. The maximum Gasteiger partial charge on any atom is 0.139 e. The van der Waals surface area contributed by atoms with Crippen molar-refractivity contribution in [3.8, 4) is 0 Å². The van der Waals surface area contributed by atoms with Gasteiger partial charge in [0.05, 0.1) is 5.54 Å². The first kappa shape index (κ1) is 13.1. The highest BCUT2D eigenvalue weighted by molar-refractivity contribution is 6.32. The van der Waals surface area contributed by atoms with E-state index < -0.39 is 0 Å². The summed E-state index contributed by atoms with van der Waals surface area (Å²) in [4.78, 5) is 4.87.